The summed E-state index contributed by atoms with van der Waals surface area (Å²) in [7, 11) is 0. The summed E-state index contributed by atoms with van der Waals surface area (Å²) in [4.78, 5) is 13.6. The van der Waals surface area contributed by atoms with Crippen molar-refractivity contribution < 1.29 is 9.90 Å². The van der Waals surface area contributed by atoms with Crippen LogP contribution < -0.4 is 0 Å². The molecule has 2 rings (SSSR count). The van der Waals surface area contributed by atoms with Gasteiger partial charge in [0.15, 0.2) is 0 Å². The van der Waals surface area contributed by atoms with E-state index in [0.717, 1.165) is 24.9 Å². The monoisotopic (exact) mass is 239 g/mol. The second-order valence-electron chi connectivity index (χ2n) is 6.34. The average Bonchev–Trinajstić information content (AvgIpc) is 2.60. The summed E-state index contributed by atoms with van der Waals surface area (Å²) < 4.78 is 0. The molecule has 0 radical (unpaired) electrons. The lowest BCUT2D eigenvalue weighted by molar-refractivity contribution is -0.142. The number of likely N-dealkylation sites (tertiary alicyclic amines) is 1. The zero-order valence-corrected chi connectivity index (χ0v) is 11.2. The Morgan fingerprint density at radius 1 is 1.12 bits per heavy atom. The van der Waals surface area contributed by atoms with Gasteiger partial charge in [-0.2, -0.15) is 0 Å². The third kappa shape index (κ3) is 2.65. The van der Waals surface area contributed by atoms with E-state index in [1.165, 1.54) is 19.3 Å². The molecule has 2 fully saturated rings. The predicted octanol–water partition coefficient (Wildman–Crippen LogP) is 2.46. The van der Waals surface area contributed by atoms with Crippen LogP contribution in [-0.2, 0) is 4.79 Å². The molecule has 3 nitrogen and oxygen atoms in total. The average molecular weight is 239 g/mol. The molecule has 3 heteroatoms. The van der Waals surface area contributed by atoms with Gasteiger partial charge in [0.25, 0.3) is 0 Å². The predicted molar refractivity (Wildman–Crippen MR) is 67.8 cm³/mol. The smallest absolute Gasteiger partial charge is 0.308 e. The van der Waals surface area contributed by atoms with Crippen molar-refractivity contribution in [2.24, 2.45) is 23.7 Å². The second-order valence-corrected chi connectivity index (χ2v) is 6.34. The highest BCUT2D eigenvalue weighted by Gasteiger charge is 2.40. The zero-order valence-electron chi connectivity index (χ0n) is 11.2. The van der Waals surface area contributed by atoms with Crippen LogP contribution in [0.5, 0.6) is 0 Å². The Kier molecular flexibility index (Phi) is 3.76. The van der Waals surface area contributed by atoms with Crippen LogP contribution >= 0.6 is 0 Å². The Hall–Kier alpha value is -0.570. The summed E-state index contributed by atoms with van der Waals surface area (Å²) in [5.74, 6) is 1.10. The SMILES string of the molecule is CC1CCC(N2CC(C)C(C(=O)O)C2)C(C)C1. The maximum atomic E-state index is 11.1. The van der Waals surface area contributed by atoms with Crippen LogP contribution in [0.1, 0.15) is 40.0 Å². The topological polar surface area (TPSA) is 40.5 Å². The van der Waals surface area contributed by atoms with Gasteiger partial charge >= 0.3 is 5.97 Å². The Balaban J connectivity index is 1.98. The number of hydrogen-bond acceptors (Lipinski definition) is 2. The van der Waals surface area contributed by atoms with Gasteiger partial charge in [0, 0.05) is 19.1 Å². The van der Waals surface area contributed by atoms with Crippen molar-refractivity contribution in [1.29, 1.82) is 0 Å². The van der Waals surface area contributed by atoms with E-state index in [4.69, 9.17) is 0 Å². The van der Waals surface area contributed by atoms with Gasteiger partial charge in [-0.3, -0.25) is 9.69 Å². The van der Waals surface area contributed by atoms with Crippen molar-refractivity contribution >= 4 is 5.97 Å². The molecule has 1 aliphatic carbocycles. The summed E-state index contributed by atoms with van der Waals surface area (Å²) in [6.45, 7) is 8.48. The van der Waals surface area contributed by atoms with Gasteiger partial charge in [0.05, 0.1) is 5.92 Å². The first-order chi connectivity index (χ1) is 7.99. The van der Waals surface area contributed by atoms with Crippen molar-refractivity contribution in [2.45, 2.75) is 46.1 Å². The first kappa shape index (κ1) is 12.9. The standard InChI is InChI=1S/C14H25NO2/c1-9-4-5-13(10(2)6-9)15-7-11(3)12(8-15)14(16)17/h9-13H,4-8H2,1-3H3,(H,16,17). The van der Waals surface area contributed by atoms with Crippen LogP contribution in [0.2, 0.25) is 0 Å². The summed E-state index contributed by atoms with van der Waals surface area (Å²) in [6, 6.07) is 0.623. The lowest BCUT2D eigenvalue weighted by atomic mass is 9.79. The van der Waals surface area contributed by atoms with E-state index in [0.29, 0.717) is 12.0 Å². The van der Waals surface area contributed by atoms with Crippen molar-refractivity contribution in [1.82, 2.24) is 4.90 Å². The molecule has 0 spiro atoms. The molecule has 0 aromatic heterocycles. The minimum Gasteiger partial charge on any atom is -0.481 e. The Bertz CT molecular complexity index is 292. The number of carbonyl (C=O) groups is 1. The van der Waals surface area contributed by atoms with Crippen molar-refractivity contribution in [2.75, 3.05) is 13.1 Å². The van der Waals surface area contributed by atoms with Crippen LogP contribution in [-0.4, -0.2) is 35.1 Å². The van der Waals surface area contributed by atoms with Gasteiger partial charge in [0.2, 0.25) is 0 Å². The van der Waals surface area contributed by atoms with Crippen molar-refractivity contribution in [3.63, 3.8) is 0 Å². The fourth-order valence-electron chi connectivity index (χ4n) is 3.79. The molecule has 17 heavy (non-hydrogen) atoms. The molecule has 0 amide bonds. The van der Waals surface area contributed by atoms with Crippen molar-refractivity contribution in [3.05, 3.63) is 0 Å². The number of aliphatic carboxylic acids is 1. The molecule has 5 unspecified atom stereocenters. The van der Waals surface area contributed by atoms with Crippen molar-refractivity contribution in [3.8, 4) is 0 Å². The van der Waals surface area contributed by atoms with E-state index >= 15 is 0 Å². The lowest BCUT2D eigenvalue weighted by Crippen LogP contribution is -2.42. The number of carboxylic acids is 1. The minimum absolute atomic E-state index is 0.151. The molecule has 1 saturated heterocycles. The Morgan fingerprint density at radius 3 is 2.35 bits per heavy atom. The molecule has 1 saturated carbocycles. The largest absolute Gasteiger partial charge is 0.481 e. The van der Waals surface area contributed by atoms with Crippen LogP contribution in [0.3, 0.4) is 0 Å². The molecule has 0 bridgehead atoms. The first-order valence-corrected chi connectivity index (χ1v) is 6.96. The molecular formula is C14H25NO2. The quantitative estimate of drug-likeness (QED) is 0.804. The van der Waals surface area contributed by atoms with E-state index in [1.807, 2.05) is 0 Å². The van der Waals surface area contributed by atoms with Gasteiger partial charge < -0.3 is 5.11 Å². The molecule has 1 heterocycles. The molecule has 5 atom stereocenters. The number of hydrogen-bond donors (Lipinski definition) is 1. The highest BCUT2D eigenvalue weighted by atomic mass is 16.4. The number of carboxylic acid groups (broad SMARTS) is 1. The number of nitrogens with zero attached hydrogens (tertiary/aromatic N) is 1. The zero-order chi connectivity index (χ0) is 12.6. The van der Waals surface area contributed by atoms with E-state index in [-0.39, 0.29) is 5.92 Å². The third-order valence-electron chi connectivity index (χ3n) is 4.81. The van der Waals surface area contributed by atoms with Gasteiger partial charge in [-0.05, 0) is 37.0 Å². The Morgan fingerprint density at radius 2 is 1.82 bits per heavy atom. The lowest BCUT2D eigenvalue weighted by Gasteiger charge is -2.38. The summed E-state index contributed by atoms with van der Waals surface area (Å²) in [6.07, 6.45) is 3.85. The molecular weight excluding hydrogens is 214 g/mol. The van der Waals surface area contributed by atoms with E-state index in [9.17, 15) is 9.90 Å². The normalized spacial score (nSPS) is 43.8. The van der Waals surface area contributed by atoms with Gasteiger partial charge in [-0.15, -0.1) is 0 Å². The summed E-state index contributed by atoms with van der Waals surface area (Å²) in [5.41, 5.74) is 0. The highest BCUT2D eigenvalue weighted by Crippen LogP contribution is 2.35. The van der Waals surface area contributed by atoms with Gasteiger partial charge in [-0.25, -0.2) is 0 Å². The van der Waals surface area contributed by atoms with Crippen LogP contribution in [0.25, 0.3) is 0 Å². The molecule has 1 N–H and O–H groups in total. The molecule has 0 aromatic carbocycles. The molecule has 0 aromatic rings. The molecule has 1 aliphatic heterocycles. The minimum atomic E-state index is -0.614. The highest BCUT2D eigenvalue weighted by molar-refractivity contribution is 5.71. The van der Waals surface area contributed by atoms with Gasteiger partial charge in [0.1, 0.15) is 0 Å². The Labute approximate surface area is 104 Å². The summed E-state index contributed by atoms with van der Waals surface area (Å²) >= 11 is 0. The molecule has 2 aliphatic rings. The second kappa shape index (κ2) is 4.97. The first-order valence-electron chi connectivity index (χ1n) is 6.96. The van der Waals surface area contributed by atoms with Crippen LogP contribution in [0.15, 0.2) is 0 Å². The maximum Gasteiger partial charge on any atom is 0.308 e. The molecule has 98 valence electrons. The van der Waals surface area contributed by atoms with Crippen LogP contribution in [0, 0.1) is 23.7 Å². The van der Waals surface area contributed by atoms with Gasteiger partial charge in [-0.1, -0.05) is 20.8 Å². The maximum absolute atomic E-state index is 11.1. The number of rotatable bonds is 2. The fraction of sp³-hybridized carbons (Fsp3) is 0.929. The van der Waals surface area contributed by atoms with E-state index < -0.39 is 5.97 Å². The fourth-order valence-corrected chi connectivity index (χ4v) is 3.79. The summed E-state index contributed by atoms with van der Waals surface area (Å²) in [5, 5.41) is 9.18. The third-order valence-corrected chi connectivity index (χ3v) is 4.81. The van der Waals surface area contributed by atoms with Crippen LogP contribution in [0.4, 0.5) is 0 Å². The van der Waals surface area contributed by atoms with E-state index in [2.05, 4.69) is 25.7 Å². The van der Waals surface area contributed by atoms with E-state index in [1.54, 1.807) is 0 Å².